The Kier molecular flexibility index (Phi) is 3.77. The summed E-state index contributed by atoms with van der Waals surface area (Å²) in [5, 5.41) is -2.23. The summed E-state index contributed by atoms with van der Waals surface area (Å²) in [4.78, 5) is 6.20. The number of hydrogen-bond acceptors (Lipinski definition) is 3. The number of carbonyl (C=O) groups is 1. The quantitative estimate of drug-likeness (QED) is 0.576. The number of rotatable bonds is 2. The molecule has 0 bridgehead atoms. The van der Waals surface area contributed by atoms with Crippen molar-refractivity contribution in [1.29, 1.82) is 0 Å². The highest BCUT2D eigenvalue weighted by molar-refractivity contribution is 8.02. The molecule has 1 heterocycles. The van der Waals surface area contributed by atoms with Gasteiger partial charge in [0.25, 0.3) is 0 Å². The third-order valence-electron chi connectivity index (χ3n) is 2.11. The van der Waals surface area contributed by atoms with Gasteiger partial charge in [0, 0.05) is 6.42 Å². The minimum atomic E-state index is -5.96. The fourth-order valence-electron chi connectivity index (χ4n) is 1.34. The SMILES string of the molecule is CC(F)(F)CC1SC(C(F)(F)F)(C(F)(F)F)OC1=O. The second-order valence-electron chi connectivity index (χ2n) is 3.91. The van der Waals surface area contributed by atoms with Crippen molar-refractivity contribution in [3.63, 3.8) is 0 Å². The highest BCUT2D eigenvalue weighted by Crippen LogP contribution is 2.58. The summed E-state index contributed by atoms with van der Waals surface area (Å²) >= 11 is -0.995. The zero-order valence-electron chi connectivity index (χ0n) is 9.03. The molecule has 0 radical (unpaired) electrons. The van der Waals surface area contributed by atoms with Crippen LogP contribution < -0.4 is 0 Å². The van der Waals surface area contributed by atoms with Crippen LogP contribution >= 0.6 is 11.8 Å². The van der Waals surface area contributed by atoms with E-state index in [2.05, 4.69) is 4.74 Å². The fourth-order valence-corrected chi connectivity index (χ4v) is 2.66. The van der Waals surface area contributed by atoms with E-state index in [-0.39, 0.29) is 6.92 Å². The number of ether oxygens (including phenoxy) is 1. The predicted molar refractivity (Wildman–Crippen MR) is 47.6 cm³/mol. The van der Waals surface area contributed by atoms with Crippen LogP contribution in [0.15, 0.2) is 0 Å². The first kappa shape index (κ1) is 16.3. The molecule has 0 saturated carbocycles. The van der Waals surface area contributed by atoms with E-state index < -0.39 is 52.6 Å². The molecular formula is C8H6F8O2S. The first-order chi connectivity index (χ1) is 8.20. The Balaban J connectivity index is 3.11. The van der Waals surface area contributed by atoms with Gasteiger partial charge in [-0.25, -0.2) is 8.78 Å². The van der Waals surface area contributed by atoms with Crippen molar-refractivity contribution in [2.45, 2.75) is 41.8 Å². The Morgan fingerprint density at radius 1 is 1.11 bits per heavy atom. The molecule has 0 aromatic rings. The van der Waals surface area contributed by atoms with Gasteiger partial charge < -0.3 is 4.74 Å². The summed E-state index contributed by atoms with van der Waals surface area (Å²) in [7, 11) is 0. The normalized spacial score (nSPS) is 24.5. The van der Waals surface area contributed by atoms with Crippen molar-refractivity contribution in [3.8, 4) is 0 Å². The van der Waals surface area contributed by atoms with Gasteiger partial charge in [-0.2, -0.15) is 26.3 Å². The summed E-state index contributed by atoms with van der Waals surface area (Å²) in [5.41, 5.74) is 0. The highest BCUT2D eigenvalue weighted by Gasteiger charge is 2.79. The average Bonchev–Trinajstić information content (AvgIpc) is 2.39. The lowest BCUT2D eigenvalue weighted by Gasteiger charge is -2.30. The monoisotopic (exact) mass is 318 g/mol. The number of cyclic esters (lactones) is 1. The van der Waals surface area contributed by atoms with Crippen LogP contribution in [0.4, 0.5) is 35.1 Å². The largest absolute Gasteiger partial charge is 0.448 e. The molecule has 1 unspecified atom stereocenters. The number of esters is 1. The van der Waals surface area contributed by atoms with Gasteiger partial charge >= 0.3 is 23.3 Å². The van der Waals surface area contributed by atoms with E-state index in [0.717, 1.165) is 0 Å². The summed E-state index contributed by atoms with van der Waals surface area (Å²) in [5.74, 6) is -5.55. The third-order valence-corrected chi connectivity index (χ3v) is 3.63. The van der Waals surface area contributed by atoms with E-state index in [4.69, 9.17) is 0 Å². The van der Waals surface area contributed by atoms with Gasteiger partial charge in [0.15, 0.2) is 0 Å². The molecule has 0 aliphatic carbocycles. The number of hydrogen-bond donors (Lipinski definition) is 0. The highest BCUT2D eigenvalue weighted by atomic mass is 32.2. The lowest BCUT2D eigenvalue weighted by molar-refractivity contribution is -0.327. The topological polar surface area (TPSA) is 26.3 Å². The molecule has 11 heteroatoms. The molecule has 19 heavy (non-hydrogen) atoms. The van der Waals surface area contributed by atoms with Crippen LogP contribution in [-0.4, -0.2) is 34.4 Å². The Bertz CT molecular complexity index is 354. The molecule has 0 aromatic heterocycles. The van der Waals surface area contributed by atoms with Crippen molar-refractivity contribution < 1.29 is 44.7 Å². The van der Waals surface area contributed by atoms with Gasteiger partial charge in [-0.15, -0.1) is 0 Å². The molecule has 2 nitrogen and oxygen atoms in total. The van der Waals surface area contributed by atoms with Crippen molar-refractivity contribution >= 4 is 17.7 Å². The summed E-state index contributed by atoms with van der Waals surface area (Å²) in [6.07, 6.45) is -13.4. The molecule has 1 atom stereocenters. The molecule has 1 saturated heterocycles. The molecule has 112 valence electrons. The summed E-state index contributed by atoms with van der Waals surface area (Å²) in [6.45, 7) is 0.280. The lowest BCUT2D eigenvalue weighted by Crippen LogP contribution is -2.54. The van der Waals surface area contributed by atoms with Crippen molar-refractivity contribution in [3.05, 3.63) is 0 Å². The van der Waals surface area contributed by atoms with Crippen molar-refractivity contribution in [1.82, 2.24) is 0 Å². The van der Waals surface area contributed by atoms with Crippen LogP contribution in [0.25, 0.3) is 0 Å². The summed E-state index contributed by atoms with van der Waals surface area (Å²) in [6, 6.07) is 0. The fraction of sp³-hybridized carbons (Fsp3) is 0.875. The number of thioether (sulfide) groups is 1. The molecule has 0 N–H and O–H groups in total. The Hall–Kier alpha value is -0.740. The second-order valence-corrected chi connectivity index (χ2v) is 5.29. The van der Waals surface area contributed by atoms with E-state index in [1.165, 1.54) is 0 Å². The number of carbonyl (C=O) groups excluding carboxylic acids is 1. The van der Waals surface area contributed by atoms with Crippen LogP contribution in [0.1, 0.15) is 13.3 Å². The Morgan fingerprint density at radius 2 is 1.53 bits per heavy atom. The predicted octanol–water partition coefficient (Wildman–Crippen LogP) is 3.51. The van der Waals surface area contributed by atoms with Gasteiger partial charge in [0.2, 0.25) is 5.92 Å². The smallest absolute Gasteiger partial charge is 0.428 e. The van der Waals surface area contributed by atoms with Crippen LogP contribution in [0.5, 0.6) is 0 Å². The minimum absolute atomic E-state index is 0.280. The van der Waals surface area contributed by atoms with Gasteiger partial charge in [-0.1, -0.05) is 11.8 Å². The molecule has 1 aliphatic heterocycles. The van der Waals surface area contributed by atoms with Gasteiger partial charge in [-0.3, -0.25) is 4.79 Å². The molecule has 0 amide bonds. The maximum atomic E-state index is 12.6. The van der Waals surface area contributed by atoms with E-state index >= 15 is 0 Å². The van der Waals surface area contributed by atoms with Crippen LogP contribution in [-0.2, 0) is 9.53 Å². The zero-order chi connectivity index (χ0) is 15.3. The molecule has 1 aliphatic rings. The standard InChI is InChI=1S/C8H6F8O2S/c1-5(9,10)2-3-4(17)18-6(19-3,7(11,12)13)8(14,15)16/h3H,2H2,1H3. The average molecular weight is 318 g/mol. The van der Waals surface area contributed by atoms with Crippen LogP contribution in [0.2, 0.25) is 0 Å². The first-order valence-corrected chi connectivity index (χ1v) is 5.49. The van der Waals surface area contributed by atoms with E-state index in [1.807, 2.05) is 0 Å². The van der Waals surface area contributed by atoms with Crippen molar-refractivity contribution in [2.24, 2.45) is 0 Å². The Morgan fingerprint density at radius 3 is 1.79 bits per heavy atom. The zero-order valence-corrected chi connectivity index (χ0v) is 9.85. The minimum Gasteiger partial charge on any atom is -0.428 e. The van der Waals surface area contributed by atoms with Gasteiger partial charge in [0.05, 0.1) is 0 Å². The molecule has 0 aromatic carbocycles. The molecular weight excluding hydrogens is 312 g/mol. The number of halogens is 8. The van der Waals surface area contributed by atoms with E-state index in [1.54, 1.807) is 0 Å². The lowest BCUT2D eigenvalue weighted by atomic mass is 10.2. The van der Waals surface area contributed by atoms with Crippen LogP contribution in [0.3, 0.4) is 0 Å². The van der Waals surface area contributed by atoms with Crippen molar-refractivity contribution in [2.75, 3.05) is 0 Å². The maximum absolute atomic E-state index is 12.6. The van der Waals surface area contributed by atoms with Gasteiger partial charge in [0.1, 0.15) is 5.25 Å². The number of alkyl halides is 8. The second kappa shape index (κ2) is 4.38. The molecule has 0 spiro atoms. The van der Waals surface area contributed by atoms with E-state index in [0.29, 0.717) is 0 Å². The van der Waals surface area contributed by atoms with Crippen LogP contribution in [0, 0.1) is 0 Å². The van der Waals surface area contributed by atoms with E-state index in [9.17, 15) is 39.9 Å². The maximum Gasteiger partial charge on any atom is 0.448 e. The molecule has 1 rings (SSSR count). The molecule has 1 fully saturated rings. The Labute approximate surface area is 105 Å². The van der Waals surface area contributed by atoms with Gasteiger partial charge in [-0.05, 0) is 6.92 Å². The third kappa shape index (κ3) is 3.06. The summed E-state index contributed by atoms with van der Waals surface area (Å²) < 4.78 is 104. The first-order valence-electron chi connectivity index (χ1n) is 4.61.